The summed E-state index contributed by atoms with van der Waals surface area (Å²) in [4.78, 5) is 4.13. The molecule has 0 amide bonds. The molecule has 11 heavy (non-hydrogen) atoms. The Balaban J connectivity index is 2.92. The Morgan fingerprint density at radius 3 is 2.82 bits per heavy atom. The lowest BCUT2D eigenvalue weighted by molar-refractivity contribution is 0.191. The van der Waals surface area contributed by atoms with Crippen LogP contribution in [0.3, 0.4) is 0 Å². The summed E-state index contributed by atoms with van der Waals surface area (Å²) in [5, 5.41) is 9.35. The van der Waals surface area contributed by atoms with Gasteiger partial charge in [-0.3, -0.25) is 0 Å². The largest absolute Gasteiger partial charge is 0.427 e. The molecule has 0 aliphatic heterocycles. The van der Waals surface area contributed by atoms with Crippen LogP contribution in [0.1, 0.15) is 5.82 Å². The van der Waals surface area contributed by atoms with Gasteiger partial charge in [0.1, 0.15) is 11.3 Å². The molecule has 2 rings (SSSR count). The second-order valence-electron chi connectivity index (χ2n) is 2.46. The molecule has 3 heteroatoms. The third-order valence-electron chi connectivity index (χ3n) is 1.70. The normalized spacial score (nSPS) is 10.6. The standard InChI is InChI=1S/C8H8N2O/c1-6-9-7-4-2-3-5-8(7)10(6)11/h2-5,11H,1H3. The highest BCUT2D eigenvalue weighted by molar-refractivity contribution is 5.75. The predicted molar refractivity (Wildman–Crippen MR) is 41.7 cm³/mol. The monoisotopic (exact) mass is 148 g/mol. The van der Waals surface area contributed by atoms with Crippen molar-refractivity contribution in [3.05, 3.63) is 30.1 Å². The maximum atomic E-state index is 9.35. The molecule has 0 saturated heterocycles. The number of rotatable bonds is 0. The third kappa shape index (κ3) is 0.774. The fraction of sp³-hybridized carbons (Fsp3) is 0.125. The van der Waals surface area contributed by atoms with Crippen LogP contribution in [0.2, 0.25) is 0 Å². The first-order chi connectivity index (χ1) is 5.29. The fourth-order valence-corrected chi connectivity index (χ4v) is 1.13. The molecule has 1 heterocycles. The summed E-state index contributed by atoms with van der Waals surface area (Å²) in [7, 11) is 0. The highest BCUT2D eigenvalue weighted by Crippen LogP contribution is 2.12. The van der Waals surface area contributed by atoms with Gasteiger partial charge in [-0.1, -0.05) is 12.1 Å². The molecule has 1 aromatic carbocycles. The number of nitrogens with zero attached hydrogens (tertiary/aromatic N) is 2. The van der Waals surface area contributed by atoms with Crippen molar-refractivity contribution < 1.29 is 5.21 Å². The lowest BCUT2D eigenvalue weighted by atomic mass is 10.3. The number of aryl methyl sites for hydroxylation is 1. The molecule has 0 atom stereocenters. The lowest BCUT2D eigenvalue weighted by Gasteiger charge is -1.92. The second-order valence-corrected chi connectivity index (χ2v) is 2.46. The van der Waals surface area contributed by atoms with Crippen molar-refractivity contribution in [2.45, 2.75) is 6.92 Å². The van der Waals surface area contributed by atoms with E-state index < -0.39 is 0 Å². The SMILES string of the molecule is Cc1nc2ccccc2n1O. The van der Waals surface area contributed by atoms with E-state index in [0.29, 0.717) is 5.82 Å². The predicted octanol–water partition coefficient (Wildman–Crippen LogP) is 1.58. The van der Waals surface area contributed by atoms with E-state index in [4.69, 9.17) is 0 Å². The minimum absolute atomic E-state index is 0.617. The summed E-state index contributed by atoms with van der Waals surface area (Å²) in [6.07, 6.45) is 0. The van der Waals surface area contributed by atoms with Gasteiger partial charge in [0.15, 0.2) is 0 Å². The molecule has 0 unspecified atom stereocenters. The van der Waals surface area contributed by atoms with E-state index in [9.17, 15) is 5.21 Å². The van der Waals surface area contributed by atoms with Crippen LogP contribution in [-0.2, 0) is 0 Å². The Morgan fingerprint density at radius 2 is 2.09 bits per heavy atom. The van der Waals surface area contributed by atoms with Gasteiger partial charge >= 0.3 is 0 Å². The number of imidazole rings is 1. The van der Waals surface area contributed by atoms with Gasteiger partial charge in [-0.05, 0) is 19.1 Å². The molecular weight excluding hydrogens is 140 g/mol. The van der Waals surface area contributed by atoms with Gasteiger partial charge in [-0.25, -0.2) is 4.98 Å². The zero-order valence-corrected chi connectivity index (χ0v) is 6.15. The van der Waals surface area contributed by atoms with E-state index in [0.717, 1.165) is 15.8 Å². The minimum atomic E-state index is 0.617. The van der Waals surface area contributed by atoms with Gasteiger partial charge in [0.25, 0.3) is 0 Å². The van der Waals surface area contributed by atoms with Crippen LogP contribution in [0, 0.1) is 6.92 Å². The number of hydrogen-bond donors (Lipinski definition) is 1. The quantitative estimate of drug-likeness (QED) is 0.576. The van der Waals surface area contributed by atoms with Crippen molar-refractivity contribution in [3.8, 4) is 0 Å². The van der Waals surface area contributed by atoms with Gasteiger partial charge in [-0.2, -0.15) is 4.73 Å². The molecule has 0 bridgehead atoms. The van der Waals surface area contributed by atoms with Crippen LogP contribution in [0.5, 0.6) is 0 Å². The van der Waals surface area contributed by atoms with Crippen molar-refractivity contribution in [3.63, 3.8) is 0 Å². The Labute approximate surface area is 63.9 Å². The Bertz CT molecular complexity index is 392. The van der Waals surface area contributed by atoms with Crippen LogP contribution in [0.4, 0.5) is 0 Å². The Kier molecular flexibility index (Phi) is 1.12. The summed E-state index contributed by atoms with van der Waals surface area (Å²) in [5.74, 6) is 0.617. The van der Waals surface area contributed by atoms with Crippen molar-refractivity contribution in [1.29, 1.82) is 0 Å². The molecule has 56 valence electrons. The highest BCUT2D eigenvalue weighted by atomic mass is 16.5. The number of fused-ring (bicyclic) bond motifs is 1. The van der Waals surface area contributed by atoms with Crippen LogP contribution in [0.25, 0.3) is 11.0 Å². The zero-order valence-electron chi connectivity index (χ0n) is 6.15. The van der Waals surface area contributed by atoms with Crippen LogP contribution < -0.4 is 0 Å². The number of aromatic nitrogens is 2. The smallest absolute Gasteiger partial charge is 0.142 e. The molecule has 0 fully saturated rings. The molecule has 2 aromatic rings. The van der Waals surface area contributed by atoms with Gasteiger partial charge in [0.2, 0.25) is 0 Å². The fourth-order valence-electron chi connectivity index (χ4n) is 1.13. The molecule has 3 nitrogen and oxygen atoms in total. The lowest BCUT2D eigenvalue weighted by Crippen LogP contribution is -1.91. The molecule has 0 aliphatic rings. The van der Waals surface area contributed by atoms with E-state index in [1.165, 1.54) is 0 Å². The van der Waals surface area contributed by atoms with E-state index in [1.54, 1.807) is 6.92 Å². The molecule has 0 spiro atoms. The summed E-state index contributed by atoms with van der Waals surface area (Å²) >= 11 is 0. The van der Waals surface area contributed by atoms with Gasteiger partial charge < -0.3 is 5.21 Å². The van der Waals surface area contributed by atoms with Crippen LogP contribution >= 0.6 is 0 Å². The van der Waals surface area contributed by atoms with E-state index in [2.05, 4.69) is 4.98 Å². The topological polar surface area (TPSA) is 38.0 Å². The first-order valence-corrected chi connectivity index (χ1v) is 3.42. The number of benzene rings is 1. The Hall–Kier alpha value is -1.51. The van der Waals surface area contributed by atoms with Gasteiger partial charge in [0, 0.05) is 0 Å². The molecule has 0 aliphatic carbocycles. The Morgan fingerprint density at radius 1 is 1.36 bits per heavy atom. The summed E-state index contributed by atoms with van der Waals surface area (Å²) < 4.78 is 1.09. The van der Waals surface area contributed by atoms with Gasteiger partial charge in [0.05, 0.1) is 5.52 Å². The molecule has 1 N–H and O–H groups in total. The second kappa shape index (κ2) is 1.99. The van der Waals surface area contributed by atoms with E-state index >= 15 is 0 Å². The first kappa shape index (κ1) is 6.22. The van der Waals surface area contributed by atoms with Crippen molar-refractivity contribution in [2.24, 2.45) is 0 Å². The highest BCUT2D eigenvalue weighted by Gasteiger charge is 2.02. The zero-order chi connectivity index (χ0) is 7.84. The average Bonchev–Trinajstić information content (AvgIpc) is 2.30. The molecule has 0 saturated carbocycles. The maximum absolute atomic E-state index is 9.35. The van der Waals surface area contributed by atoms with E-state index in [-0.39, 0.29) is 0 Å². The van der Waals surface area contributed by atoms with Crippen molar-refractivity contribution >= 4 is 11.0 Å². The molecule has 0 radical (unpaired) electrons. The van der Waals surface area contributed by atoms with Crippen molar-refractivity contribution in [1.82, 2.24) is 9.71 Å². The van der Waals surface area contributed by atoms with Crippen LogP contribution in [-0.4, -0.2) is 14.9 Å². The minimum Gasteiger partial charge on any atom is -0.427 e. The summed E-state index contributed by atoms with van der Waals surface area (Å²) in [5.41, 5.74) is 1.58. The van der Waals surface area contributed by atoms with Gasteiger partial charge in [-0.15, -0.1) is 0 Å². The third-order valence-corrected chi connectivity index (χ3v) is 1.70. The number of para-hydroxylation sites is 2. The van der Waals surface area contributed by atoms with Crippen molar-refractivity contribution in [2.75, 3.05) is 0 Å². The summed E-state index contributed by atoms with van der Waals surface area (Å²) in [6, 6.07) is 7.47. The summed E-state index contributed by atoms with van der Waals surface area (Å²) in [6.45, 7) is 1.76. The van der Waals surface area contributed by atoms with Crippen LogP contribution in [0.15, 0.2) is 24.3 Å². The van der Waals surface area contributed by atoms with E-state index in [1.807, 2.05) is 24.3 Å². The first-order valence-electron chi connectivity index (χ1n) is 3.42. The maximum Gasteiger partial charge on any atom is 0.142 e. The molecular formula is C8H8N2O. The number of hydrogen-bond acceptors (Lipinski definition) is 2. The molecule has 1 aromatic heterocycles. The average molecular weight is 148 g/mol.